The number of imide groups is 2. The standard InChI is InChI=1S/C20H16ClFN2O5/c1-2-28-17-9-11(8-12-18(25)23-20(27)24-19(12)26)6-7-16(17)29-10-13-14(21)4-3-5-15(13)22/h3-9H,2,10H2,1H3,(H2,23,24,25,26,27). The summed E-state index contributed by atoms with van der Waals surface area (Å²) in [6.07, 6.45) is 1.32. The molecule has 3 rings (SSSR count). The zero-order valence-corrected chi connectivity index (χ0v) is 16.0. The van der Waals surface area contributed by atoms with Crippen LogP contribution in [0.5, 0.6) is 11.5 Å². The predicted octanol–water partition coefficient (Wildman–Crippen LogP) is 3.21. The van der Waals surface area contributed by atoms with Crippen molar-refractivity contribution >= 4 is 35.5 Å². The number of barbiturate groups is 1. The summed E-state index contributed by atoms with van der Waals surface area (Å²) in [6, 6.07) is 8.19. The molecule has 0 spiro atoms. The van der Waals surface area contributed by atoms with Crippen molar-refractivity contribution in [1.29, 1.82) is 0 Å². The smallest absolute Gasteiger partial charge is 0.328 e. The molecule has 0 radical (unpaired) electrons. The van der Waals surface area contributed by atoms with E-state index >= 15 is 0 Å². The van der Waals surface area contributed by atoms with Gasteiger partial charge in [0.2, 0.25) is 0 Å². The van der Waals surface area contributed by atoms with Crippen LogP contribution in [0.3, 0.4) is 0 Å². The van der Waals surface area contributed by atoms with Crippen LogP contribution >= 0.6 is 11.6 Å². The molecule has 2 N–H and O–H groups in total. The Hall–Kier alpha value is -3.39. The summed E-state index contributed by atoms with van der Waals surface area (Å²) in [5, 5.41) is 4.24. The summed E-state index contributed by atoms with van der Waals surface area (Å²) < 4.78 is 25.1. The number of benzene rings is 2. The van der Waals surface area contributed by atoms with E-state index in [9.17, 15) is 18.8 Å². The van der Waals surface area contributed by atoms with E-state index in [-0.39, 0.29) is 22.8 Å². The van der Waals surface area contributed by atoms with E-state index in [1.807, 2.05) is 10.6 Å². The maximum absolute atomic E-state index is 13.9. The number of hydrogen-bond acceptors (Lipinski definition) is 5. The van der Waals surface area contributed by atoms with E-state index in [0.29, 0.717) is 23.7 Å². The molecule has 1 aliphatic heterocycles. The van der Waals surface area contributed by atoms with Gasteiger partial charge in [-0.2, -0.15) is 0 Å². The number of ether oxygens (including phenoxy) is 2. The first-order chi connectivity index (χ1) is 13.9. The zero-order valence-electron chi connectivity index (χ0n) is 15.3. The van der Waals surface area contributed by atoms with Gasteiger partial charge in [-0.15, -0.1) is 0 Å². The lowest BCUT2D eigenvalue weighted by Gasteiger charge is -2.15. The molecule has 7 nitrogen and oxygen atoms in total. The summed E-state index contributed by atoms with van der Waals surface area (Å²) in [7, 11) is 0. The van der Waals surface area contributed by atoms with Crippen molar-refractivity contribution in [2.24, 2.45) is 0 Å². The maximum Gasteiger partial charge on any atom is 0.328 e. The van der Waals surface area contributed by atoms with Crippen LogP contribution in [0.2, 0.25) is 5.02 Å². The molecular formula is C20H16ClFN2O5. The van der Waals surface area contributed by atoms with Crippen LogP contribution in [0.25, 0.3) is 6.08 Å². The Bertz CT molecular complexity index is 980. The second-order valence-electron chi connectivity index (χ2n) is 5.92. The van der Waals surface area contributed by atoms with Gasteiger partial charge in [0, 0.05) is 5.56 Å². The monoisotopic (exact) mass is 418 g/mol. The number of urea groups is 1. The van der Waals surface area contributed by atoms with Crippen molar-refractivity contribution in [2.45, 2.75) is 13.5 Å². The Morgan fingerprint density at radius 3 is 2.41 bits per heavy atom. The first-order valence-corrected chi connectivity index (χ1v) is 8.97. The molecule has 2 aromatic rings. The highest BCUT2D eigenvalue weighted by Crippen LogP contribution is 2.31. The average Bonchev–Trinajstić information content (AvgIpc) is 2.66. The maximum atomic E-state index is 13.9. The number of hydrogen-bond donors (Lipinski definition) is 2. The first kappa shape index (κ1) is 20.3. The lowest BCUT2D eigenvalue weighted by molar-refractivity contribution is -0.123. The summed E-state index contributed by atoms with van der Waals surface area (Å²) in [5.41, 5.74) is 0.459. The number of carbonyl (C=O) groups excluding carboxylic acids is 3. The highest BCUT2D eigenvalue weighted by atomic mass is 35.5. The second kappa shape index (κ2) is 8.74. The summed E-state index contributed by atoms with van der Waals surface area (Å²) in [6.45, 7) is 1.99. The van der Waals surface area contributed by atoms with Crippen molar-refractivity contribution in [2.75, 3.05) is 6.61 Å². The molecule has 0 unspecified atom stereocenters. The molecule has 1 heterocycles. The van der Waals surface area contributed by atoms with Gasteiger partial charge in [-0.3, -0.25) is 20.2 Å². The molecule has 1 fully saturated rings. The normalized spacial score (nSPS) is 13.6. The summed E-state index contributed by atoms with van der Waals surface area (Å²) >= 11 is 6.01. The molecular weight excluding hydrogens is 403 g/mol. The quantitative estimate of drug-likeness (QED) is 0.555. The van der Waals surface area contributed by atoms with Crippen molar-refractivity contribution in [1.82, 2.24) is 10.6 Å². The van der Waals surface area contributed by atoms with Gasteiger partial charge in [-0.1, -0.05) is 23.7 Å². The molecule has 0 atom stereocenters. The third kappa shape index (κ3) is 4.72. The minimum absolute atomic E-state index is 0.112. The Labute approximate surface area is 170 Å². The fourth-order valence-corrected chi connectivity index (χ4v) is 2.81. The first-order valence-electron chi connectivity index (χ1n) is 8.60. The Balaban J connectivity index is 1.85. The fourth-order valence-electron chi connectivity index (χ4n) is 2.60. The van der Waals surface area contributed by atoms with Gasteiger partial charge in [0.1, 0.15) is 18.0 Å². The highest BCUT2D eigenvalue weighted by molar-refractivity contribution is 6.31. The molecule has 0 aliphatic carbocycles. The van der Waals surface area contributed by atoms with Crippen LogP contribution < -0.4 is 20.1 Å². The third-order valence-electron chi connectivity index (χ3n) is 3.96. The molecule has 0 saturated carbocycles. The molecule has 0 bridgehead atoms. The minimum Gasteiger partial charge on any atom is -0.490 e. The molecule has 1 aliphatic rings. The van der Waals surface area contributed by atoms with E-state index < -0.39 is 23.7 Å². The van der Waals surface area contributed by atoms with Gasteiger partial charge < -0.3 is 9.47 Å². The lowest BCUT2D eigenvalue weighted by Crippen LogP contribution is -2.51. The van der Waals surface area contributed by atoms with E-state index in [1.54, 1.807) is 31.2 Å². The van der Waals surface area contributed by atoms with Crippen LogP contribution in [-0.4, -0.2) is 24.5 Å². The van der Waals surface area contributed by atoms with Crippen molar-refractivity contribution < 1.29 is 28.2 Å². The minimum atomic E-state index is -0.872. The Kier molecular flexibility index (Phi) is 6.13. The topological polar surface area (TPSA) is 93.7 Å². The van der Waals surface area contributed by atoms with Crippen LogP contribution in [0.1, 0.15) is 18.1 Å². The largest absolute Gasteiger partial charge is 0.490 e. The molecule has 2 aromatic carbocycles. The summed E-state index contributed by atoms with van der Waals surface area (Å²) in [4.78, 5) is 34.8. The fraction of sp³-hybridized carbons (Fsp3) is 0.150. The lowest BCUT2D eigenvalue weighted by atomic mass is 10.1. The molecule has 4 amide bonds. The molecule has 1 saturated heterocycles. The van der Waals surface area contributed by atoms with Crippen LogP contribution in [0.4, 0.5) is 9.18 Å². The van der Waals surface area contributed by atoms with Gasteiger partial charge in [0.15, 0.2) is 11.5 Å². The van der Waals surface area contributed by atoms with Crippen molar-refractivity contribution in [3.8, 4) is 11.5 Å². The van der Waals surface area contributed by atoms with Crippen LogP contribution in [0.15, 0.2) is 42.0 Å². The summed E-state index contributed by atoms with van der Waals surface area (Å²) in [5.74, 6) is -1.42. The third-order valence-corrected chi connectivity index (χ3v) is 4.31. The Morgan fingerprint density at radius 2 is 1.76 bits per heavy atom. The van der Waals surface area contributed by atoms with Gasteiger partial charge in [-0.25, -0.2) is 9.18 Å². The van der Waals surface area contributed by atoms with Crippen LogP contribution in [-0.2, 0) is 16.2 Å². The number of nitrogens with one attached hydrogen (secondary N) is 2. The molecule has 9 heteroatoms. The number of carbonyl (C=O) groups is 3. The van der Waals surface area contributed by atoms with Crippen LogP contribution in [0, 0.1) is 5.82 Å². The van der Waals surface area contributed by atoms with Gasteiger partial charge in [0.05, 0.1) is 11.6 Å². The number of rotatable bonds is 6. The van der Waals surface area contributed by atoms with Crippen molar-refractivity contribution in [3.05, 3.63) is 63.9 Å². The van der Waals surface area contributed by atoms with Crippen molar-refractivity contribution in [3.63, 3.8) is 0 Å². The van der Waals surface area contributed by atoms with E-state index in [4.69, 9.17) is 21.1 Å². The van der Waals surface area contributed by atoms with Gasteiger partial charge >= 0.3 is 6.03 Å². The average molecular weight is 419 g/mol. The SMILES string of the molecule is CCOc1cc(C=C2C(=O)NC(=O)NC2=O)ccc1OCc1c(F)cccc1Cl. The predicted molar refractivity (Wildman–Crippen MR) is 103 cm³/mol. The van der Waals surface area contributed by atoms with Gasteiger partial charge in [-0.05, 0) is 42.8 Å². The number of halogens is 2. The number of amides is 4. The van der Waals surface area contributed by atoms with E-state index in [0.717, 1.165) is 0 Å². The van der Waals surface area contributed by atoms with E-state index in [2.05, 4.69) is 0 Å². The zero-order chi connectivity index (χ0) is 21.0. The second-order valence-corrected chi connectivity index (χ2v) is 6.33. The highest BCUT2D eigenvalue weighted by Gasteiger charge is 2.27. The molecule has 29 heavy (non-hydrogen) atoms. The Morgan fingerprint density at radius 1 is 1.03 bits per heavy atom. The molecule has 150 valence electrons. The molecule has 0 aromatic heterocycles. The van der Waals surface area contributed by atoms with E-state index in [1.165, 1.54) is 18.2 Å². The van der Waals surface area contributed by atoms with Gasteiger partial charge in [0.25, 0.3) is 11.8 Å².